The van der Waals surface area contributed by atoms with Crippen molar-refractivity contribution in [2.45, 2.75) is 45.3 Å². The maximum absolute atomic E-state index is 12.4. The number of benzene rings is 1. The van der Waals surface area contributed by atoms with Gasteiger partial charge >= 0.3 is 0 Å². The van der Waals surface area contributed by atoms with Crippen LogP contribution >= 0.6 is 0 Å². The van der Waals surface area contributed by atoms with Crippen molar-refractivity contribution in [1.82, 2.24) is 5.32 Å². The summed E-state index contributed by atoms with van der Waals surface area (Å²) in [5, 5.41) is 3.53. The molecule has 0 bridgehead atoms. The first-order valence-electron chi connectivity index (χ1n) is 7.95. The van der Waals surface area contributed by atoms with E-state index in [9.17, 15) is 4.21 Å². The Hall–Kier alpha value is -0.710. The van der Waals surface area contributed by atoms with E-state index in [1.807, 2.05) is 0 Å². The number of nitrogens with one attached hydrogen (secondary N) is 1. The molecule has 1 aliphatic rings. The van der Waals surface area contributed by atoms with Crippen LogP contribution in [0.3, 0.4) is 0 Å². The van der Waals surface area contributed by atoms with Gasteiger partial charge < -0.3 is 10.1 Å². The Balaban J connectivity index is 1.94. The van der Waals surface area contributed by atoms with Gasteiger partial charge in [0.15, 0.2) is 0 Å². The lowest BCUT2D eigenvalue weighted by atomic mass is 10.1. The van der Waals surface area contributed by atoms with Crippen LogP contribution in [-0.4, -0.2) is 35.0 Å². The van der Waals surface area contributed by atoms with Gasteiger partial charge in [0.2, 0.25) is 0 Å². The highest BCUT2D eigenvalue weighted by Crippen LogP contribution is 2.18. The monoisotopic (exact) mass is 309 g/mol. The molecule has 4 heteroatoms. The van der Waals surface area contributed by atoms with Gasteiger partial charge in [-0.3, -0.25) is 4.21 Å². The lowest BCUT2D eigenvalue weighted by Gasteiger charge is -2.20. The summed E-state index contributed by atoms with van der Waals surface area (Å²) in [5.74, 6) is 1.35. The molecule has 0 aliphatic carbocycles. The first kappa shape index (κ1) is 16.7. The van der Waals surface area contributed by atoms with E-state index >= 15 is 0 Å². The Kier molecular flexibility index (Phi) is 6.87. The molecule has 3 nitrogen and oxygen atoms in total. The average molecular weight is 309 g/mol. The molecule has 3 unspecified atom stereocenters. The van der Waals surface area contributed by atoms with E-state index in [0.29, 0.717) is 11.5 Å². The molecule has 1 aromatic rings. The lowest BCUT2D eigenvalue weighted by molar-refractivity contribution is 0.128. The van der Waals surface area contributed by atoms with Crippen LogP contribution in [0.15, 0.2) is 24.3 Å². The molecular formula is C17H27NO2S. The summed E-state index contributed by atoms with van der Waals surface area (Å²) >= 11 is 0. The predicted octanol–water partition coefficient (Wildman–Crippen LogP) is 2.96. The highest BCUT2D eigenvalue weighted by atomic mass is 32.2. The van der Waals surface area contributed by atoms with Gasteiger partial charge in [0.05, 0.1) is 6.10 Å². The SMILES string of the molecule is CCCNC(CS(=O)CC1CCCO1)c1ccc(C)cc1. The van der Waals surface area contributed by atoms with E-state index < -0.39 is 10.8 Å². The normalized spacial score (nSPS) is 21.3. The van der Waals surface area contributed by atoms with Crippen LogP contribution in [-0.2, 0) is 15.5 Å². The Bertz CT molecular complexity index is 441. The first-order valence-corrected chi connectivity index (χ1v) is 9.44. The number of hydrogen-bond donors (Lipinski definition) is 1. The second kappa shape index (κ2) is 8.66. The second-order valence-corrected chi connectivity index (χ2v) is 7.37. The molecule has 1 heterocycles. The zero-order chi connectivity index (χ0) is 15.1. The summed E-state index contributed by atoms with van der Waals surface area (Å²) in [6, 6.07) is 8.71. The molecule has 1 N–H and O–H groups in total. The van der Waals surface area contributed by atoms with Gasteiger partial charge in [-0.2, -0.15) is 0 Å². The van der Waals surface area contributed by atoms with Crippen molar-refractivity contribution in [1.29, 1.82) is 0 Å². The molecule has 0 amide bonds. The highest BCUT2D eigenvalue weighted by Gasteiger charge is 2.21. The Morgan fingerprint density at radius 3 is 2.76 bits per heavy atom. The van der Waals surface area contributed by atoms with E-state index in [-0.39, 0.29) is 12.1 Å². The van der Waals surface area contributed by atoms with E-state index in [2.05, 4.69) is 43.4 Å². The molecule has 0 spiro atoms. The topological polar surface area (TPSA) is 38.3 Å². The van der Waals surface area contributed by atoms with Gasteiger partial charge in [0, 0.05) is 35.0 Å². The van der Waals surface area contributed by atoms with Crippen LogP contribution in [0.2, 0.25) is 0 Å². The summed E-state index contributed by atoms with van der Waals surface area (Å²) < 4.78 is 18.0. The standard InChI is InChI=1S/C17H27NO2S/c1-3-10-18-17(15-8-6-14(2)7-9-15)13-21(19)12-16-5-4-11-20-16/h6-9,16-18H,3-5,10-13H2,1-2H3. The lowest BCUT2D eigenvalue weighted by Crippen LogP contribution is -2.29. The van der Waals surface area contributed by atoms with Gasteiger partial charge in [-0.1, -0.05) is 36.8 Å². The fraction of sp³-hybridized carbons (Fsp3) is 0.647. The summed E-state index contributed by atoms with van der Waals surface area (Å²) in [6.45, 7) is 6.03. The van der Waals surface area contributed by atoms with Crippen molar-refractivity contribution in [3.05, 3.63) is 35.4 Å². The van der Waals surface area contributed by atoms with Gasteiger partial charge in [-0.05, 0) is 38.3 Å². The van der Waals surface area contributed by atoms with Gasteiger partial charge in [0.1, 0.15) is 0 Å². The molecule has 0 aromatic heterocycles. The Morgan fingerprint density at radius 2 is 2.14 bits per heavy atom. The van der Waals surface area contributed by atoms with Crippen LogP contribution in [0.25, 0.3) is 0 Å². The third-order valence-corrected chi connectivity index (χ3v) is 5.32. The minimum Gasteiger partial charge on any atom is -0.377 e. The van der Waals surface area contributed by atoms with Gasteiger partial charge in [-0.15, -0.1) is 0 Å². The minimum atomic E-state index is -0.837. The Morgan fingerprint density at radius 1 is 1.38 bits per heavy atom. The van der Waals surface area contributed by atoms with Crippen LogP contribution in [0, 0.1) is 6.92 Å². The molecule has 2 rings (SSSR count). The van der Waals surface area contributed by atoms with Crippen molar-refractivity contribution >= 4 is 10.8 Å². The quantitative estimate of drug-likeness (QED) is 0.802. The molecule has 1 fully saturated rings. The highest BCUT2D eigenvalue weighted by molar-refractivity contribution is 7.85. The van der Waals surface area contributed by atoms with Crippen molar-refractivity contribution in [3.63, 3.8) is 0 Å². The van der Waals surface area contributed by atoms with Crippen molar-refractivity contribution in [3.8, 4) is 0 Å². The Labute approximate surface area is 130 Å². The zero-order valence-corrected chi connectivity index (χ0v) is 14.0. The van der Waals surface area contributed by atoms with Crippen LogP contribution < -0.4 is 5.32 Å². The molecule has 1 aliphatic heterocycles. The number of aryl methyl sites for hydroxylation is 1. The predicted molar refractivity (Wildman–Crippen MR) is 89.1 cm³/mol. The van der Waals surface area contributed by atoms with Crippen molar-refractivity contribution < 1.29 is 8.95 Å². The smallest absolute Gasteiger partial charge is 0.0691 e. The van der Waals surface area contributed by atoms with E-state index in [1.54, 1.807) is 0 Å². The third kappa shape index (κ3) is 5.53. The van der Waals surface area contributed by atoms with E-state index in [1.165, 1.54) is 11.1 Å². The number of ether oxygens (including phenoxy) is 1. The molecule has 118 valence electrons. The molecular weight excluding hydrogens is 282 g/mol. The maximum atomic E-state index is 12.4. The molecule has 0 saturated carbocycles. The first-order chi connectivity index (χ1) is 10.2. The second-order valence-electron chi connectivity index (χ2n) is 5.83. The summed E-state index contributed by atoms with van der Waals surface area (Å²) in [6.07, 6.45) is 3.46. The number of rotatable bonds is 8. The average Bonchev–Trinajstić information content (AvgIpc) is 2.97. The molecule has 3 atom stereocenters. The van der Waals surface area contributed by atoms with E-state index in [0.717, 1.165) is 32.4 Å². The molecule has 21 heavy (non-hydrogen) atoms. The fourth-order valence-corrected chi connectivity index (χ4v) is 4.12. The van der Waals surface area contributed by atoms with Gasteiger partial charge in [-0.25, -0.2) is 0 Å². The largest absolute Gasteiger partial charge is 0.377 e. The van der Waals surface area contributed by atoms with Crippen molar-refractivity contribution in [2.75, 3.05) is 24.7 Å². The van der Waals surface area contributed by atoms with Crippen LogP contribution in [0.5, 0.6) is 0 Å². The van der Waals surface area contributed by atoms with Crippen LogP contribution in [0.1, 0.15) is 43.4 Å². The molecule has 1 aromatic carbocycles. The summed E-state index contributed by atoms with van der Waals surface area (Å²) in [4.78, 5) is 0. The zero-order valence-electron chi connectivity index (χ0n) is 13.1. The summed E-state index contributed by atoms with van der Waals surface area (Å²) in [7, 11) is -0.837. The molecule has 1 saturated heterocycles. The fourth-order valence-electron chi connectivity index (χ4n) is 2.63. The summed E-state index contributed by atoms with van der Waals surface area (Å²) in [5.41, 5.74) is 2.49. The van der Waals surface area contributed by atoms with Gasteiger partial charge in [0.25, 0.3) is 0 Å². The maximum Gasteiger partial charge on any atom is 0.0691 e. The van der Waals surface area contributed by atoms with Crippen molar-refractivity contribution in [2.24, 2.45) is 0 Å². The minimum absolute atomic E-state index is 0.174. The molecule has 0 radical (unpaired) electrons. The van der Waals surface area contributed by atoms with Crippen LogP contribution in [0.4, 0.5) is 0 Å². The number of hydrogen-bond acceptors (Lipinski definition) is 3. The van der Waals surface area contributed by atoms with E-state index in [4.69, 9.17) is 4.74 Å². The third-order valence-electron chi connectivity index (χ3n) is 3.87.